The molecule has 1 aliphatic carbocycles. The SMILES string of the molecule is COc1ccccc1CCNC(=O)CNCCC1=CCCCC1. The Labute approximate surface area is 139 Å². The van der Waals surface area contributed by atoms with Crippen molar-refractivity contribution in [3.63, 3.8) is 0 Å². The summed E-state index contributed by atoms with van der Waals surface area (Å²) in [6, 6.07) is 7.91. The first-order chi connectivity index (χ1) is 11.3. The van der Waals surface area contributed by atoms with Gasteiger partial charge in [-0.1, -0.05) is 29.8 Å². The van der Waals surface area contributed by atoms with Crippen LogP contribution in [0.2, 0.25) is 0 Å². The van der Waals surface area contributed by atoms with Crippen molar-refractivity contribution < 1.29 is 9.53 Å². The second-order valence-electron chi connectivity index (χ2n) is 5.95. The molecule has 0 saturated heterocycles. The number of amides is 1. The summed E-state index contributed by atoms with van der Waals surface area (Å²) in [5.41, 5.74) is 2.66. The number of para-hydroxylation sites is 1. The number of methoxy groups -OCH3 is 1. The van der Waals surface area contributed by atoms with Gasteiger partial charge in [0.05, 0.1) is 13.7 Å². The molecule has 0 radical (unpaired) electrons. The first-order valence-corrected chi connectivity index (χ1v) is 8.57. The van der Waals surface area contributed by atoms with E-state index in [0.29, 0.717) is 13.1 Å². The van der Waals surface area contributed by atoms with Gasteiger partial charge < -0.3 is 15.4 Å². The predicted octanol–water partition coefficient (Wildman–Crippen LogP) is 2.83. The molecule has 0 fully saturated rings. The van der Waals surface area contributed by atoms with Gasteiger partial charge in [-0.3, -0.25) is 4.79 Å². The Morgan fingerprint density at radius 3 is 2.83 bits per heavy atom. The molecule has 2 N–H and O–H groups in total. The van der Waals surface area contributed by atoms with Crippen LogP contribution >= 0.6 is 0 Å². The highest BCUT2D eigenvalue weighted by Gasteiger charge is 2.05. The third-order valence-corrected chi connectivity index (χ3v) is 4.20. The topological polar surface area (TPSA) is 50.4 Å². The number of rotatable bonds is 9. The van der Waals surface area contributed by atoms with Gasteiger partial charge >= 0.3 is 0 Å². The smallest absolute Gasteiger partial charge is 0.233 e. The highest BCUT2D eigenvalue weighted by molar-refractivity contribution is 5.77. The number of nitrogens with one attached hydrogen (secondary N) is 2. The molecule has 1 aromatic carbocycles. The van der Waals surface area contributed by atoms with E-state index in [1.54, 1.807) is 12.7 Å². The molecule has 1 aromatic rings. The lowest BCUT2D eigenvalue weighted by molar-refractivity contribution is -0.120. The average Bonchev–Trinajstić information content (AvgIpc) is 2.60. The molecule has 2 rings (SSSR count). The van der Waals surface area contributed by atoms with Crippen LogP contribution in [-0.2, 0) is 11.2 Å². The Kier molecular flexibility index (Phi) is 7.67. The van der Waals surface area contributed by atoms with Crippen molar-refractivity contribution >= 4 is 5.91 Å². The predicted molar refractivity (Wildman–Crippen MR) is 93.7 cm³/mol. The van der Waals surface area contributed by atoms with Crippen molar-refractivity contribution in [2.24, 2.45) is 0 Å². The maximum absolute atomic E-state index is 11.8. The second kappa shape index (κ2) is 10.1. The molecule has 0 aliphatic heterocycles. The van der Waals surface area contributed by atoms with E-state index in [9.17, 15) is 4.79 Å². The fourth-order valence-electron chi connectivity index (χ4n) is 2.89. The van der Waals surface area contributed by atoms with E-state index >= 15 is 0 Å². The first-order valence-electron chi connectivity index (χ1n) is 8.57. The molecule has 4 heteroatoms. The van der Waals surface area contributed by atoms with Crippen LogP contribution in [0.3, 0.4) is 0 Å². The van der Waals surface area contributed by atoms with Crippen LogP contribution in [-0.4, -0.2) is 32.7 Å². The number of hydrogen-bond donors (Lipinski definition) is 2. The summed E-state index contributed by atoms with van der Waals surface area (Å²) in [5, 5.41) is 6.18. The zero-order valence-corrected chi connectivity index (χ0v) is 14.1. The van der Waals surface area contributed by atoms with E-state index in [1.807, 2.05) is 24.3 Å². The van der Waals surface area contributed by atoms with Crippen molar-refractivity contribution in [2.45, 2.75) is 38.5 Å². The molecule has 0 unspecified atom stereocenters. The van der Waals surface area contributed by atoms with Crippen LogP contribution in [0.4, 0.5) is 0 Å². The fourth-order valence-corrected chi connectivity index (χ4v) is 2.89. The number of ether oxygens (including phenoxy) is 1. The van der Waals surface area contributed by atoms with Crippen molar-refractivity contribution in [1.29, 1.82) is 0 Å². The molecule has 0 heterocycles. The molecule has 0 spiro atoms. The van der Waals surface area contributed by atoms with Crippen molar-refractivity contribution in [2.75, 3.05) is 26.7 Å². The van der Waals surface area contributed by atoms with E-state index in [2.05, 4.69) is 16.7 Å². The minimum atomic E-state index is 0.0533. The van der Waals surface area contributed by atoms with Gasteiger partial charge in [0.1, 0.15) is 5.75 Å². The number of carbonyl (C=O) groups excluding carboxylic acids is 1. The molecular formula is C19H28N2O2. The van der Waals surface area contributed by atoms with Crippen LogP contribution in [0.25, 0.3) is 0 Å². The zero-order chi connectivity index (χ0) is 16.3. The standard InChI is InChI=1S/C19H28N2O2/c1-23-18-10-6-5-9-17(18)12-14-21-19(22)15-20-13-11-16-7-3-2-4-8-16/h5-7,9-10,20H,2-4,8,11-15H2,1H3,(H,21,22). The highest BCUT2D eigenvalue weighted by atomic mass is 16.5. The normalized spacial score (nSPS) is 14.2. The Balaban J connectivity index is 1.57. The molecule has 126 valence electrons. The molecule has 23 heavy (non-hydrogen) atoms. The number of allylic oxidation sites excluding steroid dienone is 1. The summed E-state index contributed by atoms with van der Waals surface area (Å²) < 4.78 is 5.31. The number of carbonyl (C=O) groups is 1. The summed E-state index contributed by atoms with van der Waals surface area (Å²) in [5.74, 6) is 0.929. The van der Waals surface area contributed by atoms with Gasteiger partial charge in [0.2, 0.25) is 5.91 Å². The van der Waals surface area contributed by atoms with Crippen molar-refractivity contribution in [1.82, 2.24) is 10.6 Å². The minimum Gasteiger partial charge on any atom is -0.496 e. The lowest BCUT2D eigenvalue weighted by Crippen LogP contribution is -2.35. The van der Waals surface area contributed by atoms with Crippen LogP contribution in [0, 0.1) is 0 Å². The van der Waals surface area contributed by atoms with Crippen LogP contribution in [0.5, 0.6) is 5.75 Å². The third-order valence-electron chi connectivity index (χ3n) is 4.20. The molecule has 0 bridgehead atoms. The van der Waals surface area contributed by atoms with Crippen LogP contribution in [0.1, 0.15) is 37.7 Å². The Morgan fingerprint density at radius 1 is 1.17 bits per heavy atom. The third kappa shape index (κ3) is 6.45. The van der Waals surface area contributed by atoms with Gasteiger partial charge in [0, 0.05) is 6.54 Å². The minimum absolute atomic E-state index is 0.0533. The van der Waals surface area contributed by atoms with Gasteiger partial charge in [-0.15, -0.1) is 0 Å². The molecule has 0 aromatic heterocycles. The lowest BCUT2D eigenvalue weighted by atomic mass is 9.97. The highest BCUT2D eigenvalue weighted by Crippen LogP contribution is 2.19. The number of benzene rings is 1. The molecule has 0 saturated carbocycles. The summed E-state index contributed by atoms with van der Waals surface area (Å²) in [6.07, 6.45) is 9.29. The average molecular weight is 316 g/mol. The maximum Gasteiger partial charge on any atom is 0.233 e. The van der Waals surface area contributed by atoms with E-state index < -0.39 is 0 Å². The second-order valence-corrected chi connectivity index (χ2v) is 5.95. The molecule has 0 atom stereocenters. The maximum atomic E-state index is 11.8. The summed E-state index contributed by atoms with van der Waals surface area (Å²) in [6.45, 7) is 1.90. The monoisotopic (exact) mass is 316 g/mol. The summed E-state index contributed by atoms with van der Waals surface area (Å²) in [7, 11) is 1.67. The number of hydrogen-bond acceptors (Lipinski definition) is 3. The van der Waals surface area contributed by atoms with Gasteiger partial charge in [-0.05, 0) is 56.7 Å². The largest absolute Gasteiger partial charge is 0.496 e. The van der Waals surface area contributed by atoms with Crippen molar-refractivity contribution in [3.05, 3.63) is 41.5 Å². The van der Waals surface area contributed by atoms with Gasteiger partial charge in [-0.25, -0.2) is 0 Å². The van der Waals surface area contributed by atoms with Gasteiger partial charge in [-0.2, -0.15) is 0 Å². The summed E-state index contributed by atoms with van der Waals surface area (Å²) in [4.78, 5) is 11.8. The summed E-state index contributed by atoms with van der Waals surface area (Å²) >= 11 is 0. The van der Waals surface area contributed by atoms with E-state index in [-0.39, 0.29) is 5.91 Å². The molecule has 1 amide bonds. The Morgan fingerprint density at radius 2 is 2.04 bits per heavy atom. The quantitative estimate of drug-likeness (QED) is 0.544. The van der Waals surface area contributed by atoms with Crippen LogP contribution in [0.15, 0.2) is 35.9 Å². The van der Waals surface area contributed by atoms with E-state index in [0.717, 1.165) is 30.7 Å². The first kappa shape index (κ1) is 17.5. The van der Waals surface area contributed by atoms with E-state index in [1.165, 1.54) is 25.7 Å². The van der Waals surface area contributed by atoms with Gasteiger partial charge in [0.25, 0.3) is 0 Å². The van der Waals surface area contributed by atoms with E-state index in [4.69, 9.17) is 4.74 Å². The lowest BCUT2D eigenvalue weighted by Gasteiger charge is -2.13. The molecular weight excluding hydrogens is 288 g/mol. The Hall–Kier alpha value is -1.81. The van der Waals surface area contributed by atoms with Gasteiger partial charge in [0.15, 0.2) is 0 Å². The Bertz CT molecular complexity index is 526. The molecule has 4 nitrogen and oxygen atoms in total. The van der Waals surface area contributed by atoms with Crippen molar-refractivity contribution in [3.8, 4) is 5.75 Å². The fraction of sp³-hybridized carbons (Fsp3) is 0.526. The molecule has 1 aliphatic rings. The zero-order valence-electron chi connectivity index (χ0n) is 14.1. The van der Waals surface area contributed by atoms with Crippen LogP contribution < -0.4 is 15.4 Å².